The van der Waals surface area contributed by atoms with E-state index in [4.69, 9.17) is 45.4 Å². The number of hydrogen-bond donors (Lipinski definition) is 0. The summed E-state index contributed by atoms with van der Waals surface area (Å²) in [4.78, 5) is 14.5. The Balaban J connectivity index is 1.26. The minimum Gasteiger partial charge on any atom is -0.458 e. The minimum atomic E-state index is -0.807. The largest absolute Gasteiger partial charge is 0.458 e. The second-order valence-corrected chi connectivity index (χ2v) is 13.9. The van der Waals surface area contributed by atoms with E-state index in [0.717, 1.165) is 15.4 Å². The lowest BCUT2D eigenvalue weighted by molar-refractivity contribution is -0.294. The first-order chi connectivity index (χ1) is 21.9. The maximum Gasteiger partial charge on any atom is 0.353 e. The van der Waals surface area contributed by atoms with E-state index >= 15 is 0 Å². The molecule has 3 heterocycles. The number of carbonyl (C=O) groups excluding carboxylic acids is 1. The SMILES string of the molecule is CC(=O)O[C@H]1[C@H](OCc2ccccc2)[C@@H](C)O[C@@H](O[C@H]2[C@@H]3OC(=S)O[C@@H]3[C@@H](Sc3ccccc3)O[C@@H]2C)[C@@H]1Sc1ccccc1. The van der Waals surface area contributed by atoms with E-state index in [9.17, 15) is 4.79 Å². The Bertz CT molecular complexity index is 1410. The average Bonchev–Trinajstić information content (AvgIpc) is 3.43. The molecule has 3 aromatic rings. The van der Waals surface area contributed by atoms with Gasteiger partial charge in [0.05, 0.1) is 18.8 Å². The predicted octanol–water partition coefficient (Wildman–Crippen LogP) is 6.40. The van der Waals surface area contributed by atoms with Crippen LogP contribution in [0.4, 0.5) is 0 Å². The zero-order valence-corrected chi connectivity index (χ0v) is 27.6. The first-order valence-corrected chi connectivity index (χ1v) is 17.1. The van der Waals surface area contributed by atoms with Crippen molar-refractivity contribution < 1.29 is 38.0 Å². The van der Waals surface area contributed by atoms with Crippen molar-refractivity contribution >= 4 is 46.9 Å². The number of thiocarbonyl (C=S) groups is 1. The summed E-state index contributed by atoms with van der Waals surface area (Å²) in [6.07, 6.45) is -4.48. The molecule has 0 radical (unpaired) electrons. The van der Waals surface area contributed by atoms with Crippen LogP contribution in [-0.4, -0.2) is 70.9 Å². The molecular weight excluding hydrogens is 633 g/mol. The Hall–Kier alpha value is -2.64. The summed E-state index contributed by atoms with van der Waals surface area (Å²) in [5.74, 6) is -0.409. The summed E-state index contributed by atoms with van der Waals surface area (Å²) in [6, 6.07) is 29.8. The number of carbonyl (C=O) groups is 1. The van der Waals surface area contributed by atoms with E-state index in [2.05, 4.69) is 0 Å². The monoisotopic (exact) mass is 668 g/mol. The number of fused-ring (bicyclic) bond motifs is 1. The molecule has 0 bridgehead atoms. The van der Waals surface area contributed by atoms with Gasteiger partial charge in [0.15, 0.2) is 18.5 Å². The van der Waals surface area contributed by atoms with Crippen molar-refractivity contribution in [2.45, 2.75) is 96.9 Å². The Morgan fingerprint density at radius 1 is 0.756 bits per heavy atom. The molecule has 0 aromatic heterocycles. The molecule has 3 saturated heterocycles. The highest BCUT2D eigenvalue weighted by atomic mass is 32.2. The van der Waals surface area contributed by atoms with E-state index in [1.54, 1.807) is 11.8 Å². The van der Waals surface area contributed by atoms with E-state index in [-0.39, 0.29) is 10.7 Å². The van der Waals surface area contributed by atoms with Crippen molar-refractivity contribution in [2.75, 3.05) is 0 Å². The van der Waals surface area contributed by atoms with Crippen LogP contribution < -0.4 is 0 Å². The lowest BCUT2D eigenvalue weighted by atomic mass is 9.99. The summed E-state index contributed by atoms with van der Waals surface area (Å²) in [6.45, 7) is 5.61. The van der Waals surface area contributed by atoms with E-state index < -0.39 is 60.2 Å². The molecule has 0 aliphatic carbocycles. The highest BCUT2D eigenvalue weighted by Gasteiger charge is 2.56. The van der Waals surface area contributed by atoms with Gasteiger partial charge in [-0.1, -0.05) is 78.5 Å². The van der Waals surface area contributed by atoms with Crippen LogP contribution in [0.3, 0.4) is 0 Å². The van der Waals surface area contributed by atoms with Crippen LogP contribution in [0.2, 0.25) is 0 Å². The fourth-order valence-corrected chi connectivity index (χ4v) is 8.33. The third kappa shape index (κ3) is 7.85. The minimum absolute atomic E-state index is 0.0651. The summed E-state index contributed by atoms with van der Waals surface area (Å²) in [5.41, 5.74) is 0.645. The predicted molar refractivity (Wildman–Crippen MR) is 175 cm³/mol. The van der Waals surface area contributed by atoms with Crippen LogP contribution in [0, 0.1) is 0 Å². The molecule has 238 valence electrons. The van der Waals surface area contributed by atoms with Gasteiger partial charge in [0.2, 0.25) is 0 Å². The van der Waals surface area contributed by atoms with E-state index in [0.29, 0.717) is 6.61 Å². The zero-order valence-electron chi connectivity index (χ0n) is 25.1. The number of rotatable bonds is 10. The molecule has 0 unspecified atom stereocenters. The third-order valence-electron chi connectivity index (χ3n) is 7.81. The van der Waals surface area contributed by atoms with Crippen molar-refractivity contribution in [3.05, 3.63) is 96.6 Å². The van der Waals surface area contributed by atoms with Gasteiger partial charge in [-0.3, -0.25) is 4.79 Å². The Morgan fingerprint density at radius 2 is 1.33 bits per heavy atom. The standard InChI is InChI=1S/C34H36O8S3/c1-20-26(36-19-23-13-7-4-8-14-23)29(39-22(3)35)31(44-24-15-9-5-10-16-24)32(37-20)40-27-21(2)38-33(30-28(27)41-34(43)42-30)45-25-17-11-6-12-18-25/h4-18,20-21,26-33H,19H2,1-3H3/t20-,21-,26-,27-,28+,29+,30+,31-,32+,33-/m1/s1. The quantitative estimate of drug-likeness (QED) is 0.178. The highest BCUT2D eigenvalue weighted by Crippen LogP contribution is 2.43. The van der Waals surface area contributed by atoms with Gasteiger partial charge in [-0.25, -0.2) is 0 Å². The third-order valence-corrected chi connectivity index (χ3v) is 10.5. The Morgan fingerprint density at radius 3 is 1.98 bits per heavy atom. The first-order valence-electron chi connectivity index (χ1n) is 15.0. The van der Waals surface area contributed by atoms with Crippen molar-refractivity contribution in [1.29, 1.82) is 0 Å². The summed E-state index contributed by atoms with van der Waals surface area (Å²) >= 11 is 8.43. The highest BCUT2D eigenvalue weighted by molar-refractivity contribution is 8.00. The smallest absolute Gasteiger partial charge is 0.353 e. The molecule has 11 heteroatoms. The molecule has 3 aromatic carbocycles. The number of benzene rings is 3. The van der Waals surface area contributed by atoms with Crippen molar-refractivity contribution in [3.8, 4) is 0 Å². The van der Waals surface area contributed by atoms with Crippen molar-refractivity contribution in [1.82, 2.24) is 0 Å². The fraction of sp³-hybridized carbons (Fsp3) is 0.412. The molecule has 6 rings (SSSR count). The Kier molecular flexibility index (Phi) is 10.7. The van der Waals surface area contributed by atoms with E-state index in [1.807, 2.05) is 105 Å². The van der Waals surface area contributed by atoms with Crippen LogP contribution in [-0.2, 0) is 44.6 Å². The molecule has 3 aliphatic rings. The molecule has 0 amide bonds. The van der Waals surface area contributed by atoms with Crippen molar-refractivity contribution in [3.63, 3.8) is 0 Å². The molecular formula is C34H36O8S3. The van der Waals surface area contributed by atoms with Crippen LogP contribution in [0.25, 0.3) is 0 Å². The van der Waals surface area contributed by atoms with E-state index in [1.165, 1.54) is 18.7 Å². The van der Waals surface area contributed by atoms with Gasteiger partial charge in [-0.15, -0.1) is 11.8 Å². The zero-order chi connectivity index (χ0) is 31.3. The summed E-state index contributed by atoms with van der Waals surface area (Å²) < 4.78 is 44.3. The van der Waals surface area contributed by atoms with Crippen LogP contribution in [0.5, 0.6) is 0 Å². The summed E-state index contributed by atoms with van der Waals surface area (Å²) in [5, 5.41) is -0.417. The normalized spacial score (nSPS) is 32.6. The van der Waals surface area contributed by atoms with Gasteiger partial charge >= 0.3 is 11.2 Å². The first kappa shape index (κ1) is 32.3. The number of hydrogen-bond acceptors (Lipinski definition) is 11. The second-order valence-electron chi connectivity index (χ2n) is 11.1. The summed E-state index contributed by atoms with van der Waals surface area (Å²) in [7, 11) is 0. The second kappa shape index (κ2) is 14.8. The lowest BCUT2D eigenvalue weighted by Gasteiger charge is -2.47. The average molecular weight is 669 g/mol. The van der Waals surface area contributed by atoms with Gasteiger partial charge < -0.3 is 33.2 Å². The molecule has 0 saturated carbocycles. The molecule has 10 atom stereocenters. The molecule has 0 spiro atoms. The van der Waals surface area contributed by atoms with Gasteiger partial charge in [-0.2, -0.15) is 0 Å². The topological polar surface area (TPSA) is 81.7 Å². The van der Waals surface area contributed by atoms with Gasteiger partial charge in [0.1, 0.15) is 29.0 Å². The van der Waals surface area contributed by atoms with Gasteiger partial charge in [0, 0.05) is 28.9 Å². The van der Waals surface area contributed by atoms with Gasteiger partial charge in [0.25, 0.3) is 0 Å². The maximum absolute atomic E-state index is 12.5. The number of thioether (sulfide) groups is 2. The molecule has 45 heavy (non-hydrogen) atoms. The van der Waals surface area contributed by atoms with Crippen molar-refractivity contribution in [2.24, 2.45) is 0 Å². The molecule has 3 fully saturated rings. The van der Waals surface area contributed by atoms with Crippen LogP contribution in [0.15, 0.2) is 101 Å². The van der Waals surface area contributed by atoms with Crippen LogP contribution >= 0.6 is 35.7 Å². The van der Waals surface area contributed by atoms with Crippen LogP contribution in [0.1, 0.15) is 26.3 Å². The fourth-order valence-electron chi connectivity index (χ4n) is 5.74. The molecule has 8 nitrogen and oxygen atoms in total. The molecule has 3 aliphatic heterocycles. The number of ether oxygens (including phenoxy) is 7. The Labute approximate surface area is 277 Å². The van der Waals surface area contributed by atoms with Gasteiger partial charge in [-0.05, 0) is 43.7 Å². The maximum atomic E-state index is 12.5. The molecule has 0 N–H and O–H groups in total. The number of esters is 1. The lowest BCUT2D eigenvalue weighted by Crippen LogP contribution is -2.62.